The van der Waals surface area contributed by atoms with Gasteiger partial charge < -0.3 is 9.47 Å². The van der Waals surface area contributed by atoms with Crippen molar-refractivity contribution in [3.8, 4) is 5.75 Å². The number of nitrogens with zero attached hydrogens (tertiary/aromatic N) is 2. The van der Waals surface area contributed by atoms with E-state index in [-0.39, 0.29) is 0 Å². The quantitative estimate of drug-likeness (QED) is 0.712. The number of rotatable bonds is 7. The maximum absolute atomic E-state index is 12.7. The van der Waals surface area contributed by atoms with Gasteiger partial charge in [-0.1, -0.05) is 18.2 Å². The zero-order valence-corrected chi connectivity index (χ0v) is 15.3. The molecule has 5 nitrogen and oxygen atoms in total. The number of ether oxygens (including phenoxy) is 2. The molecule has 1 aliphatic heterocycles. The van der Waals surface area contributed by atoms with Crippen LogP contribution in [0.15, 0.2) is 41.5 Å². The van der Waals surface area contributed by atoms with E-state index >= 15 is 0 Å². The fourth-order valence-corrected chi connectivity index (χ4v) is 3.91. The molecule has 3 rings (SSSR count). The molecule has 0 saturated carbocycles. The standard InChI is InChI=1S/C19H22N2O3S/c1-14-17(20-9-8-18(14)24-11-5-10-23-2)13-25(22)19-12-15-6-3-4-7-16(15)21-19/h3-4,6-9H,5,10-13H2,1-2H3. The highest BCUT2D eigenvalue weighted by Crippen LogP contribution is 2.28. The van der Waals surface area contributed by atoms with Crippen molar-refractivity contribution in [3.05, 3.63) is 53.3 Å². The van der Waals surface area contributed by atoms with Crippen LogP contribution in [0.2, 0.25) is 0 Å². The van der Waals surface area contributed by atoms with Crippen LogP contribution in [0.25, 0.3) is 0 Å². The molecule has 2 heterocycles. The molecule has 2 aromatic rings. The van der Waals surface area contributed by atoms with Gasteiger partial charge in [0.2, 0.25) is 0 Å². The Kier molecular flexibility index (Phi) is 5.94. The van der Waals surface area contributed by atoms with Gasteiger partial charge in [-0.2, -0.15) is 0 Å². The van der Waals surface area contributed by atoms with E-state index in [0.717, 1.165) is 34.7 Å². The van der Waals surface area contributed by atoms with E-state index in [9.17, 15) is 4.21 Å². The van der Waals surface area contributed by atoms with Gasteiger partial charge in [0.05, 0.1) is 34.5 Å². The van der Waals surface area contributed by atoms with Gasteiger partial charge in [0, 0.05) is 38.3 Å². The molecule has 1 aromatic heterocycles. The minimum absolute atomic E-state index is 0.355. The topological polar surface area (TPSA) is 60.8 Å². The third kappa shape index (κ3) is 4.32. The molecule has 0 spiro atoms. The first-order valence-corrected chi connectivity index (χ1v) is 9.61. The zero-order chi connectivity index (χ0) is 17.6. The average molecular weight is 358 g/mol. The molecule has 6 heteroatoms. The number of aliphatic imine (C=N–C) groups is 1. The molecular formula is C19H22N2O3S. The molecule has 0 radical (unpaired) electrons. The number of methoxy groups -OCH3 is 1. The van der Waals surface area contributed by atoms with Crippen LogP contribution in [0, 0.1) is 6.92 Å². The lowest BCUT2D eigenvalue weighted by molar-refractivity contribution is 0.172. The second-order valence-electron chi connectivity index (χ2n) is 5.88. The van der Waals surface area contributed by atoms with Crippen molar-refractivity contribution in [1.29, 1.82) is 0 Å². The molecule has 0 aliphatic carbocycles. The first-order valence-electron chi connectivity index (χ1n) is 8.29. The van der Waals surface area contributed by atoms with Crippen molar-refractivity contribution in [2.45, 2.75) is 25.5 Å². The molecule has 132 valence electrons. The van der Waals surface area contributed by atoms with Gasteiger partial charge in [0.15, 0.2) is 0 Å². The molecule has 0 saturated heterocycles. The summed E-state index contributed by atoms with van der Waals surface area (Å²) in [5, 5.41) is 0.716. The van der Waals surface area contributed by atoms with E-state index in [1.807, 2.05) is 37.3 Å². The molecule has 1 atom stereocenters. The lowest BCUT2D eigenvalue weighted by atomic mass is 10.2. The highest BCUT2D eigenvalue weighted by atomic mass is 32.2. The highest BCUT2D eigenvalue weighted by Gasteiger charge is 2.20. The second kappa shape index (κ2) is 8.36. The molecular weight excluding hydrogens is 336 g/mol. The summed E-state index contributed by atoms with van der Waals surface area (Å²) in [5.41, 5.74) is 3.78. The minimum Gasteiger partial charge on any atom is -0.493 e. The Bertz CT molecular complexity index is 805. The maximum Gasteiger partial charge on any atom is 0.125 e. The lowest BCUT2D eigenvalue weighted by Gasteiger charge is -2.12. The third-order valence-corrected chi connectivity index (χ3v) is 5.42. The van der Waals surface area contributed by atoms with Crippen LogP contribution in [0.4, 0.5) is 5.69 Å². The van der Waals surface area contributed by atoms with Crippen molar-refractivity contribution >= 4 is 21.5 Å². The van der Waals surface area contributed by atoms with E-state index in [1.54, 1.807) is 13.3 Å². The smallest absolute Gasteiger partial charge is 0.125 e. The molecule has 0 amide bonds. The van der Waals surface area contributed by atoms with Gasteiger partial charge in [0.25, 0.3) is 0 Å². The number of benzene rings is 1. The van der Waals surface area contributed by atoms with E-state index < -0.39 is 10.8 Å². The number of hydrogen-bond donors (Lipinski definition) is 0. The van der Waals surface area contributed by atoms with E-state index in [2.05, 4.69) is 9.98 Å². The first-order chi connectivity index (χ1) is 12.2. The molecule has 1 aromatic carbocycles. The van der Waals surface area contributed by atoms with Crippen molar-refractivity contribution in [2.24, 2.45) is 4.99 Å². The Labute approximate surface area is 150 Å². The number of aromatic nitrogens is 1. The van der Waals surface area contributed by atoms with Crippen LogP contribution in [0.1, 0.15) is 23.2 Å². The number of para-hydroxylation sites is 1. The van der Waals surface area contributed by atoms with Gasteiger partial charge in [0.1, 0.15) is 10.8 Å². The summed E-state index contributed by atoms with van der Waals surface area (Å²) in [5.74, 6) is 1.14. The molecule has 1 aliphatic rings. The van der Waals surface area contributed by atoms with Gasteiger partial charge in [-0.25, -0.2) is 4.99 Å². The largest absolute Gasteiger partial charge is 0.493 e. The van der Waals surface area contributed by atoms with Gasteiger partial charge in [-0.05, 0) is 24.6 Å². The van der Waals surface area contributed by atoms with E-state index in [1.165, 1.54) is 0 Å². The average Bonchev–Trinajstić information content (AvgIpc) is 3.06. The Hall–Kier alpha value is -2.05. The Balaban J connectivity index is 1.66. The summed E-state index contributed by atoms with van der Waals surface area (Å²) in [7, 11) is 0.488. The zero-order valence-electron chi connectivity index (χ0n) is 14.5. The molecule has 0 bridgehead atoms. The number of hydrogen-bond acceptors (Lipinski definition) is 5. The molecule has 0 fully saturated rings. The third-order valence-electron chi connectivity index (χ3n) is 4.12. The monoisotopic (exact) mass is 358 g/mol. The number of fused-ring (bicyclic) bond motifs is 1. The Morgan fingerprint density at radius 1 is 1.20 bits per heavy atom. The fourth-order valence-electron chi connectivity index (χ4n) is 2.69. The van der Waals surface area contributed by atoms with Crippen molar-refractivity contribution < 1.29 is 13.7 Å². The maximum atomic E-state index is 12.7. The molecule has 1 unspecified atom stereocenters. The summed E-state index contributed by atoms with van der Waals surface area (Å²) in [6.45, 7) is 3.21. The summed E-state index contributed by atoms with van der Waals surface area (Å²) in [4.78, 5) is 8.90. The minimum atomic E-state index is -1.19. The van der Waals surface area contributed by atoms with Crippen LogP contribution in [0.3, 0.4) is 0 Å². The molecule has 25 heavy (non-hydrogen) atoms. The van der Waals surface area contributed by atoms with Crippen LogP contribution in [-0.2, 0) is 27.7 Å². The van der Waals surface area contributed by atoms with E-state index in [0.29, 0.717) is 30.4 Å². The lowest BCUT2D eigenvalue weighted by Crippen LogP contribution is -2.12. The SMILES string of the molecule is COCCCOc1ccnc(CS(=O)C2=Nc3ccccc3C2)c1C. The normalized spacial score (nSPS) is 14.1. The van der Waals surface area contributed by atoms with Gasteiger partial charge >= 0.3 is 0 Å². The van der Waals surface area contributed by atoms with Crippen molar-refractivity contribution in [2.75, 3.05) is 20.3 Å². The summed E-state index contributed by atoms with van der Waals surface area (Å²) < 4.78 is 23.5. The predicted octanol–water partition coefficient (Wildman–Crippen LogP) is 3.34. The van der Waals surface area contributed by atoms with Crippen molar-refractivity contribution in [1.82, 2.24) is 4.98 Å². The van der Waals surface area contributed by atoms with Crippen LogP contribution in [-0.4, -0.2) is 34.6 Å². The first kappa shape index (κ1) is 17.8. The highest BCUT2D eigenvalue weighted by molar-refractivity contribution is 8.00. The second-order valence-corrected chi connectivity index (χ2v) is 7.33. The fraction of sp³-hybridized carbons (Fsp3) is 0.368. The van der Waals surface area contributed by atoms with E-state index in [4.69, 9.17) is 9.47 Å². The predicted molar refractivity (Wildman–Crippen MR) is 100 cm³/mol. The van der Waals surface area contributed by atoms with Crippen LogP contribution >= 0.6 is 0 Å². The number of pyridine rings is 1. The molecule has 0 N–H and O–H groups in total. The van der Waals surface area contributed by atoms with Crippen molar-refractivity contribution in [3.63, 3.8) is 0 Å². The summed E-state index contributed by atoms with van der Waals surface area (Å²) in [6, 6.07) is 9.76. The van der Waals surface area contributed by atoms with Gasteiger partial charge in [-0.15, -0.1) is 0 Å². The Morgan fingerprint density at radius 3 is 2.84 bits per heavy atom. The Morgan fingerprint density at radius 2 is 2.04 bits per heavy atom. The summed E-state index contributed by atoms with van der Waals surface area (Å²) >= 11 is 0. The summed E-state index contributed by atoms with van der Waals surface area (Å²) in [6.07, 6.45) is 3.18. The van der Waals surface area contributed by atoms with Crippen LogP contribution in [0.5, 0.6) is 5.75 Å². The van der Waals surface area contributed by atoms with Gasteiger partial charge in [-0.3, -0.25) is 9.19 Å². The van der Waals surface area contributed by atoms with Crippen LogP contribution < -0.4 is 4.74 Å².